The highest BCUT2D eigenvalue weighted by molar-refractivity contribution is 5.92. The SMILES string of the molecule is CCCCCCN(C(=O)C(CO)NC(=O)OC(C)(C)C)C(C(=O)NCCCCC)c1ccccc1O. The Morgan fingerprint density at radius 1 is 1.00 bits per heavy atom. The van der Waals surface area contributed by atoms with E-state index < -0.39 is 42.2 Å². The Kier molecular flexibility index (Phi) is 13.9. The van der Waals surface area contributed by atoms with Gasteiger partial charge in [0.25, 0.3) is 0 Å². The Balaban J connectivity index is 3.32. The molecule has 1 rings (SSSR count). The summed E-state index contributed by atoms with van der Waals surface area (Å²) in [6.45, 7) is 9.20. The predicted molar refractivity (Wildman–Crippen MR) is 139 cm³/mol. The fraction of sp³-hybridized carbons (Fsp3) is 0.667. The second-order valence-electron chi connectivity index (χ2n) is 9.93. The van der Waals surface area contributed by atoms with E-state index in [0.717, 1.165) is 38.5 Å². The predicted octanol–water partition coefficient (Wildman–Crippen LogP) is 4.03. The van der Waals surface area contributed by atoms with Crippen molar-refractivity contribution in [2.75, 3.05) is 19.7 Å². The summed E-state index contributed by atoms with van der Waals surface area (Å²) in [6.07, 6.45) is 5.32. The maximum absolute atomic E-state index is 13.7. The maximum atomic E-state index is 13.7. The molecule has 0 fully saturated rings. The van der Waals surface area contributed by atoms with Crippen molar-refractivity contribution >= 4 is 17.9 Å². The topological polar surface area (TPSA) is 128 Å². The van der Waals surface area contributed by atoms with Crippen molar-refractivity contribution in [3.63, 3.8) is 0 Å². The number of unbranched alkanes of at least 4 members (excludes halogenated alkanes) is 5. The van der Waals surface area contributed by atoms with Crippen LogP contribution in [0.2, 0.25) is 0 Å². The van der Waals surface area contributed by atoms with Crippen LogP contribution >= 0.6 is 0 Å². The van der Waals surface area contributed by atoms with Crippen LogP contribution in [0, 0.1) is 0 Å². The van der Waals surface area contributed by atoms with Gasteiger partial charge in [-0.15, -0.1) is 0 Å². The van der Waals surface area contributed by atoms with Crippen molar-refractivity contribution in [1.82, 2.24) is 15.5 Å². The van der Waals surface area contributed by atoms with Crippen LogP contribution in [0.4, 0.5) is 4.79 Å². The van der Waals surface area contributed by atoms with Gasteiger partial charge in [-0.25, -0.2) is 4.79 Å². The van der Waals surface area contributed by atoms with Crippen LogP contribution in [0.5, 0.6) is 5.75 Å². The number of ether oxygens (including phenoxy) is 1. The van der Waals surface area contributed by atoms with E-state index in [2.05, 4.69) is 24.5 Å². The number of aromatic hydroxyl groups is 1. The normalized spacial score (nSPS) is 12.9. The first-order valence-electron chi connectivity index (χ1n) is 13.0. The van der Waals surface area contributed by atoms with Gasteiger partial charge in [-0.2, -0.15) is 0 Å². The number of nitrogens with one attached hydrogen (secondary N) is 2. The van der Waals surface area contributed by atoms with E-state index in [9.17, 15) is 24.6 Å². The summed E-state index contributed by atoms with van der Waals surface area (Å²) in [4.78, 5) is 40.8. The van der Waals surface area contributed by atoms with Gasteiger partial charge in [0.05, 0.1) is 6.61 Å². The molecule has 2 unspecified atom stereocenters. The van der Waals surface area contributed by atoms with E-state index >= 15 is 0 Å². The van der Waals surface area contributed by atoms with Gasteiger partial charge in [-0.3, -0.25) is 9.59 Å². The summed E-state index contributed by atoms with van der Waals surface area (Å²) in [6, 6.07) is 3.96. The third kappa shape index (κ3) is 10.8. The number of aliphatic hydroxyl groups is 1. The molecule has 0 saturated carbocycles. The van der Waals surface area contributed by atoms with E-state index in [1.807, 2.05) is 0 Å². The van der Waals surface area contributed by atoms with Gasteiger partial charge in [0.1, 0.15) is 23.4 Å². The highest BCUT2D eigenvalue weighted by Gasteiger charge is 2.36. The lowest BCUT2D eigenvalue weighted by molar-refractivity contribution is -0.143. The molecule has 9 heteroatoms. The van der Waals surface area contributed by atoms with Crippen LogP contribution in [0.1, 0.15) is 91.2 Å². The van der Waals surface area contributed by atoms with Crippen LogP contribution in [0.25, 0.3) is 0 Å². The standard InChI is InChI=1S/C27H45N3O6/c1-6-8-10-14-18-30(25(34)21(19-31)29-26(35)36-27(3,4)5)23(20-15-11-12-16-22(20)32)24(33)28-17-13-9-7-2/h11-12,15-16,21,23,31-32H,6-10,13-14,17-19H2,1-5H3,(H,28,33)(H,29,35). The van der Waals surface area contributed by atoms with Gasteiger partial charge in [0.15, 0.2) is 0 Å². The van der Waals surface area contributed by atoms with Gasteiger partial charge in [0.2, 0.25) is 11.8 Å². The molecule has 3 amide bonds. The zero-order valence-electron chi connectivity index (χ0n) is 22.5. The Bertz CT molecular complexity index is 824. The van der Waals surface area contributed by atoms with Crippen molar-refractivity contribution in [2.24, 2.45) is 0 Å². The molecule has 0 radical (unpaired) electrons. The first-order chi connectivity index (χ1) is 17.1. The summed E-state index contributed by atoms with van der Waals surface area (Å²) in [5.74, 6) is -1.17. The number of rotatable bonds is 15. The van der Waals surface area contributed by atoms with Gasteiger partial charge in [-0.1, -0.05) is 64.2 Å². The molecule has 1 aromatic carbocycles. The Morgan fingerprint density at radius 3 is 2.22 bits per heavy atom. The lowest BCUT2D eigenvalue weighted by Crippen LogP contribution is -2.54. The molecule has 0 saturated heterocycles. The molecule has 0 aromatic heterocycles. The molecular weight excluding hydrogens is 462 g/mol. The fourth-order valence-electron chi connectivity index (χ4n) is 3.76. The third-order valence-electron chi connectivity index (χ3n) is 5.58. The minimum Gasteiger partial charge on any atom is -0.508 e. The van der Waals surface area contributed by atoms with Gasteiger partial charge in [-0.05, 0) is 39.7 Å². The van der Waals surface area contributed by atoms with E-state index in [1.54, 1.807) is 39.0 Å². The number of alkyl carbamates (subject to hydrolysis) is 1. The second-order valence-corrected chi connectivity index (χ2v) is 9.93. The van der Waals surface area contributed by atoms with Crippen molar-refractivity contribution in [2.45, 2.75) is 97.2 Å². The molecule has 0 aliphatic heterocycles. The molecule has 204 valence electrons. The van der Waals surface area contributed by atoms with E-state index in [4.69, 9.17) is 4.74 Å². The number of para-hydroxylation sites is 1. The largest absolute Gasteiger partial charge is 0.508 e. The Morgan fingerprint density at radius 2 is 1.64 bits per heavy atom. The number of benzene rings is 1. The minimum absolute atomic E-state index is 0.113. The average Bonchev–Trinajstić information content (AvgIpc) is 2.81. The van der Waals surface area contributed by atoms with Crippen LogP contribution < -0.4 is 10.6 Å². The quantitative estimate of drug-likeness (QED) is 0.265. The molecular formula is C27H45N3O6. The number of phenolic OH excluding ortho intramolecular Hbond substituents is 1. The number of hydrogen-bond acceptors (Lipinski definition) is 6. The van der Waals surface area contributed by atoms with Crippen molar-refractivity contribution in [3.05, 3.63) is 29.8 Å². The molecule has 1 aromatic rings. The second kappa shape index (κ2) is 16.0. The first kappa shape index (κ1) is 31.2. The lowest BCUT2D eigenvalue weighted by Gasteiger charge is -2.34. The van der Waals surface area contributed by atoms with Crippen molar-refractivity contribution in [3.8, 4) is 5.75 Å². The fourth-order valence-corrected chi connectivity index (χ4v) is 3.76. The van der Waals surface area contributed by atoms with E-state index in [-0.39, 0.29) is 17.9 Å². The third-order valence-corrected chi connectivity index (χ3v) is 5.58. The van der Waals surface area contributed by atoms with E-state index in [0.29, 0.717) is 13.0 Å². The monoisotopic (exact) mass is 507 g/mol. The van der Waals surface area contributed by atoms with E-state index in [1.165, 1.54) is 11.0 Å². The van der Waals surface area contributed by atoms with Gasteiger partial charge in [0, 0.05) is 18.7 Å². The molecule has 2 atom stereocenters. The summed E-state index contributed by atoms with van der Waals surface area (Å²) >= 11 is 0. The molecule has 9 nitrogen and oxygen atoms in total. The number of amides is 3. The van der Waals surface area contributed by atoms with Crippen LogP contribution in [0.3, 0.4) is 0 Å². The molecule has 0 spiro atoms. The Hall–Kier alpha value is -2.81. The minimum atomic E-state index is -1.31. The number of carbonyl (C=O) groups is 3. The molecule has 4 N–H and O–H groups in total. The molecule has 0 aliphatic carbocycles. The van der Waals surface area contributed by atoms with Crippen LogP contribution in [-0.2, 0) is 14.3 Å². The average molecular weight is 508 g/mol. The summed E-state index contributed by atoms with van der Waals surface area (Å²) in [7, 11) is 0. The van der Waals surface area contributed by atoms with Gasteiger partial charge < -0.3 is 30.5 Å². The van der Waals surface area contributed by atoms with Crippen molar-refractivity contribution in [1.29, 1.82) is 0 Å². The number of phenols is 1. The zero-order valence-corrected chi connectivity index (χ0v) is 22.5. The summed E-state index contributed by atoms with van der Waals surface area (Å²) in [5, 5.41) is 25.9. The number of carbonyl (C=O) groups excluding carboxylic acids is 3. The summed E-state index contributed by atoms with van der Waals surface area (Å²) in [5.41, 5.74) is -0.507. The summed E-state index contributed by atoms with van der Waals surface area (Å²) < 4.78 is 5.25. The van der Waals surface area contributed by atoms with Crippen LogP contribution in [0.15, 0.2) is 24.3 Å². The zero-order chi connectivity index (χ0) is 27.1. The number of hydrogen-bond donors (Lipinski definition) is 4. The number of nitrogens with zero attached hydrogens (tertiary/aromatic N) is 1. The van der Waals surface area contributed by atoms with Crippen molar-refractivity contribution < 1.29 is 29.3 Å². The molecule has 0 heterocycles. The molecule has 0 bridgehead atoms. The Labute approximate surface area is 215 Å². The molecule has 36 heavy (non-hydrogen) atoms. The highest BCUT2D eigenvalue weighted by Crippen LogP contribution is 2.30. The highest BCUT2D eigenvalue weighted by atomic mass is 16.6. The first-order valence-corrected chi connectivity index (χ1v) is 13.0. The lowest BCUT2D eigenvalue weighted by atomic mass is 10.0. The smallest absolute Gasteiger partial charge is 0.408 e. The maximum Gasteiger partial charge on any atom is 0.408 e. The molecule has 0 aliphatic rings. The number of aliphatic hydroxyl groups excluding tert-OH is 1. The van der Waals surface area contributed by atoms with Gasteiger partial charge >= 0.3 is 6.09 Å². The van der Waals surface area contributed by atoms with Crippen LogP contribution in [-0.4, -0.2) is 64.4 Å².